The van der Waals surface area contributed by atoms with E-state index >= 15 is 0 Å². The molecular weight excluding hydrogens is 369 g/mol. The van der Waals surface area contributed by atoms with Crippen molar-refractivity contribution in [1.82, 2.24) is 0 Å². The molecule has 0 aliphatic rings. The summed E-state index contributed by atoms with van der Waals surface area (Å²) in [5, 5.41) is 31.2. The van der Waals surface area contributed by atoms with Crippen LogP contribution in [0.3, 0.4) is 0 Å². The van der Waals surface area contributed by atoms with Crippen LogP contribution in [0.1, 0.15) is 87.0 Å². The number of phenols is 2. The minimum atomic E-state index is -4.06. The van der Waals surface area contributed by atoms with Crippen molar-refractivity contribution < 1.29 is 28.5 Å². The Hall–Kier alpha value is -1.43. The molecule has 0 aliphatic heterocycles. The van der Waals surface area contributed by atoms with E-state index < -0.39 is 18.2 Å². The van der Waals surface area contributed by atoms with Gasteiger partial charge in [-0.2, -0.15) is 13.2 Å². The molecule has 0 bridgehead atoms. The first-order valence-corrected chi connectivity index (χ1v) is 10.2. The van der Waals surface area contributed by atoms with Crippen molar-refractivity contribution in [3.8, 4) is 11.5 Å². The maximum absolute atomic E-state index is 12.1. The minimum absolute atomic E-state index is 0.183. The smallest absolute Gasteiger partial charge is 0.389 e. The van der Waals surface area contributed by atoms with Gasteiger partial charge in [0.2, 0.25) is 0 Å². The molecule has 0 radical (unpaired) electrons. The summed E-state index contributed by atoms with van der Waals surface area (Å²) < 4.78 is 36.2. The second-order valence-corrected chi connectivity index (χ2v) is 8.28. The highest BCUT2D eigenvalue weighted by Crippen LogP contribution is 2.37. The fourth-order valence-electron chi connectivity index (χ4n) is 3.55. The first kappa shape index (κ1) is 24.6. The lowest BCUT2D eigenvalue weighted by Crippen LogP contribution is -2.25. The summed E-state index contributed by atoms with van der Waals surface area (Å²) in [6.45, 7) is 7.06. The molecule has 1 aromatic rings. The summed E-state index contributed by atoms with van der Waals surface area (Å²) in [4.78, 5) is 0. The van der Waals surface area contributed by atoms with Crippen LogP contribution in [0.15, 0.2) is 0 Å². The van der Waals surface area contributed by atoms with Crippen LogP contribution in [0, 0.1) is 20.8 Å². The van der Waals surface area contributed by atoms with Crippen molar-refractivity contribution in [2.45, 2.75) is 104 Å². The fourth-order valence-corrected chi connectivity index (χ4v) is 3.55. The molecule has 0 amide bonds. The van der Waals surface area contributed by atoms with Crippen LogP contribution in [-0.4, -0.2) is 27.1 Å². The molecule has 1 atom stereocenters. The molecule has 0 saturated carbocycles. The van der Waals surface area contributed by atoms with E-state index in [4.69, 9.17) is 0 Å². The van der Waals surface area contributed by atoms with Crippen LogP contribution in [-0.2, 0) is 6.42 Å². The van der Waals surface area contributed by atoms with Crippen molar-refractivity contribution in [1.29, 1.82) is 0 Å². The highest BCUT2D eigenvalue weighted by atomic mass is 19.4. The number of phenolic OH excluding ortho intramolecular Hbond substituents is 2. The maximum atomic E-state index is 12.1. The number of aromatic hydroxyl groups is 2. The predicted molar refractivity (Wildman–Crippen MR) is 106 cm³/mol. The summed E-state index contributed by atoms with van der Waals surface area (Å²) in [7, 11) is 0. The molecule has 28 heavy (non-hydrogen) atoms. The zero-order valence-electron chi connectivity index (χ0n) is 17.5. The molecule has 3 nitrogen and oxygen atoms in total. The number of rotatable bonds is 11. The summed E-state index contributed by atoms with van der Waals surface area (Å²) in [6.07, 6.45) is 0.911. The number of hydrogen-bond donors (Lipinski definition) is 3. The Morgan fingerprint density at radius 3 is 1.68 bits per heavy atom. The summed E-state index contributed by atoms with van der Waals surface area (Å²) in [5.74, 6) is 0.373. The third kappa shape index (κ3) is 7.90. The molecule has 162 valence electrons. The van der Waals surface area contributed by atoms with Gasteiger partial charge in [-0.05, 0) is 70.1 Å². The van der Waals surface area contributed by atoms with Gasteiger partial charge >= 0.3 is 6.18 Å². The zero-order valence-corrected chi connectivity index (χ0v) is 17.5. The van der Waals surface area contributed by atoms with Gasteiger partial charge in [0.05, 0.1) is 5.60 Å². The Balaban J connectivity index is 2.38. The van der Waals surface area contributed by atoms with Crippen LogP contribution in [0.2, 0.25) is 0 Å². The van der Waals surface area contributed by atoms with Crippen molar-refractivity contribution >= 4 is 0 Å². The topological polar surface area (TPSA) is 60.7 Å². The van der Waals surface area contributed by atoms with Crippen LogP contribution in [0.4, 0.5) is 13.2 Å². The molecule has 1 aromatic carbocycles. The van der Waals surface area contributed by atoms with Crippen molar-refractivity contribution in [3.63, 3.8) is 0 Å². The Labute approximate surface area is 166 Å². The summed E-state index contributed by atoms with van der Waals surface area (Å²) in [6, 6.07) is 0. The van der Waals surface area contributed by atoms with Gasteiger partial charge in [0.25, 0.3) is 0 Å². The molecule has 0 aliphatic carbocycles. The second-order valence-electron chi connectivity index (χ2n) is 8.28. The minimum Gasteiger partial charge on any atom is -0.507 e. The average Bonchev–Trinajstić information content (AvgIpc) is 2.59. The summed E-state index contributed by atoms with van der Waals surface area (Å²) >= 11 is 0. The third-order valence-electron chi connectivity index (χ3n) is 5.71. The van der Waals surface area contributed by atoms with E-state index in [9.17, 15) is 28.5 Å². The predicted octanol–water partition coefficient (Wildman–Crippen LogP) is 6.39. The van der Waals surface area contributed by atoms with Crippen LogP contribution >= 0.6 is 0 Å². The Morgan fingerprint density at radius 2 is 1.14 bits per heavy atom. The Bertz CT molecular complexity index is 608. The number of hydrogen-bond acceptors (Lipinski definition) is 3. The normalized spacial score (nSPS) is 14.3. The van der Waals surface area contributed by atoms with E-state index in [-0.39, 0.29) is 17.9 Å². The van der Waals surface area contributed by atoms with Gasteiger partial charge in [0, 0.05) is 12.0 Å². The molecule has 0 unspecified atom stereocenters. The Morgan fingerprint density at radius 1 is 0.679 bits per heavy atom. The first-order chi connectivity index (χ1) is 12.9. The molecule has 0 aromatic heterocycles. The molecule has 0 heterocycles. The van der Waals surface area contributed by atoms with E-state index in [1.807, 2.05) is 0 Å². The molecule has 0 spiro atoms. The second kappa shape index (κ2) is 10.4. The van der Waals surface area contributed by atoms with E-state index in [1.54, 1.807) is 27.7 Å². The number of halogens is 3. The van der Waals surface area contributed by atoms with Gasteiger partial charge in [-0.3, -0.25) is 0 Å². The summed E-state index contributed by atoms with van der Waals surface area (Å²) in [5.41, 5.74) is 1.76. The lowest BCUT2D eigenvalue weighted by molar-refractivity contribution is -0.135. The number of unbranched alkanes of at least 4 members (excludes halogenated alkanes) is 5. The SMILES string of the molecule is Cc1c(C)c(O)c(CC[C@@](C)(O)CCCCCCCCC(F)(F)F)c(C)c1O. The van der Waals surface area contributed by atoms with Crippen molar-refractivity contribution in [2.75, 3.05) is 0 Å². The van der Waals surface area contributed by atoms with Gasteiger partial charge in [0.1, 0.15) is 11.5 Å². The first-order valence-electron chi connectivity index (χ1n) is 10.2. The highest BCUT2D eigenvalue weighted by Gasteiger charge is 2.26. The monoisotopic (exact) mass is 404 g/mol. The van der Waals surface area contributed by atoms with Crippen LogP contribution < -0.4 is 0 Å². The fraction of sp³-hybridized carbons (Fsp3) is 0.727. The van der Waals surface area contributed by atoms with E-state index in [0.717, 1.165) is 25.7 Å². The van der Waals surface area contributed by atoms with Crippen molar-refractivity contribution in [2.24, 2.45) is 0 Å². The van der Waals surface area contributed by atoms with Gasteiger partial charge in [-0.25, -0.2) is 0 Å². The van der Waals surface area contributed by atoms with E-state index in [2.05, 4.69) is 0 Å². The molecule has 6 heteroatoms. The Kier molecular flexibility index (Phi) is 9.12. The van der Waals surface area contributed by atoms with Crippen molar-refractivity contribution in [3.05, 3.63) is 22.3 Å². The van der Waals surface area contributed by atoms with Gasteiger partial charge in [-0.15, -0.1) is 0 Å². The molecule has 3 N–H and O–H groups in total. The number of alkyl halides is 3. The largest absolute Gasteiger partial charge is 0.507 e. The number of benzene rings is 1. The average molecular weight is 405 g/mol. The van der Waals surface area contributed by atoms with E-state index in [1.165, 1.54) is 0 Å². The van der Waals surface area contributed by atoms with Gasteiger partial charge in [0.15, 0.2) is 0 Å². The lowest BCUT2D eigenvalue weighted by Gasteiger charge is -2.24. The standard InChI is InChI=1S/C22H35F3O3/c1-15-16(2)20(27)18(17(3)19(15)26)11-14-21(4,28)12-9-7-5-6-8-10-13-22(23,24)25/h26-28H,5-14H2,1-4H3/t21-/m0/s1. The number of aliphatic hydroxyl groups is 1. The van der Waals surface area contributed by atoms with Gasteiger partial charge < -0.3 is 15.3 Å². The van der Waals surface area contributed by atoms with Crippen LogP contribution in [0.5, 0.6) is 11.5 Å². The zero-order chi connectivity index (χ0) is 21.5. The van der Waals surface area contributed by atoms with E-state index in [0.29, 0.717) is 47.9 Å². The molecule has 1 rings (SSSR count). The van der Waals surface area contributed by atoms with Crippen LogP contribution in [0.25, 0.3) is 0 Å². The molecule has 0 saturated heterocycles. The highest BCUT2D eigenvalue weighted by molar-refractivity contribution is 5.56. The molecule has 0 fully saturated rings. The lowest BCUT2D eigenvalue weighted by atomic mass is 9.88. The quantitative estimate of drug-likeness (QED) is 0.296. The third-order valence-corrected chi connectivity index (χ3v) is 5.71. The maximum Gasteiger partial charge on any atom is 0.389 e. The van der Waals surface area contributed by atoms with Gasteiger partial charge in [-0.1, -0.05) is 32.1 Å². The molecular formula is C22H35F3O3.